The first-order valence-corrected chi connectivity index (χ1v) is 7.83. The molecule has 1 saturated heterocycles. The summed E-state index contributed by atoms with van der Waals surface area (Å²) >= 11 is 0. The summed E-state index contributed by atoms with van der Waals surface area (Å²) in [6.45, 7) is 11.4. The third kappa shape index (κ3) is 3.53. The summed E-state index contributed by atoms with van der Waals surface area (Å²) in [6, 6.07) is 0.436. The Morgan fingerprint density at radius 1 is 1.24 bits per heavy atom. The Hall–Kier alpha value is -1.63. The average Bonchev–Trinajstić information content (AvgIpc) is 2.48. The summed E-state index contributed by atoms with van der Waals surface area (Å²) in [5, 5.41) is 0. The molecule has 118 valence electrons. The third-order valence-corrected chi connectivity index (χ3v) is 4.18. The van der Waals surface area contributed by atoms with E-state index < -0.39 is 0 Å². The van der Waals surface area contributed by atoms with E-state index in [0.717, 1.165) is 37.9 Å². The maximum absolute atomic E-state index is 5.52. The van der Waals surface area contributed by atoms with Crippen LogP contribution in [0.5, 0.6) is 0 Å². The van der Waals surface area contributed by atoms with Crippen molar-refractivity contribution in [1.82, 2.24) is 15.0 Å². The number of rotatable bonds is 5. The molecule has 1 aromatic rings. The topological polar surface area (TPSA) is 83.2 Å². The van der Waals surface area contributed by atoms with Gasteiger partial charge in [0.15, 0.2) is 0 Å². The number of nitrogens with zero attached hydrogens (tertiary/aromatic N) is 5. The summed E-state index contributed by atoms with van der Waals surface area (Å²) in [5.41, 5.74) is 2.56. The normalized spacial score (nSPS) is 22.2. The molecule has 2 atom stereocenters. The van der Waals surface area contributed by atoms with E-state index in [0.29, 0.717) is 17.9 Å². The Kier molecular flexibility index (Phi) is 5.17. The van der Waals surface area contributed by atoms with Gasteiger partial charge in [0.05, 0.1) is 0 Å². The molecule has 7 heteroatoms. The predicted molar refractivity (Wildman–Crippen MR) is 86.4 cm³/mol. The monoisotopic (exact) mass is 293 g/mol. The van der Waals surface area contributed by atoms with Crippen LogP contribution in [-0.2, 0) is 0 Å². The van der Waals surface area contributed by atoms with Gasteiger partial charge in [0.25, 0.3) is 0 Å². The standard InChI is InChI=1S/C14H27N7/c1-5-20(6-2)13-16-12(19-15)17-14(18-13)21-8-7-10(3)9-11(21)4/h10-11H,5-9,15H2,1-4H3,(H,16,17,18,19). The van der Waals surface area contributed by atoms with Gasteiger partial charge in [-0.3, -0.25) is 5.43 Å². The van der Waals surface area contributed by atoms with Crippen LogP contribution in [0.2, 0.25) is 0 Å². The minimum Gasteiger partial charge on any atom is -0.341 e. The van der Waals surface area contributed by atoms with Crippen molar-refractivity contribution in [3.05, 3.63) is 0 Å². The number of anilines is 3. The average molecular weight is 293 g/mol. The van der Waals surface area contributed by atoms with Crippen molar-refractivity contribution in [3.8, 4) is 0 Å². The third-order valence-electron chi connectivity index (χ3n) is 4.18. The number of nitrogen functional groups attached to an aromatic ring is 1. The van der Waals surface area contributed by atoms with Gasteiger partial charge in [-0.15, -0.1) is 0 Å². The molecule has 0 bridgehead atoms. The summed E-state index contributed by atoms with van der Waals surface area (Å²) < 4.78 is 0. The van der Waals surface area contributed by atoms with Crippen LogP contribution < -0.4 is 21.1 Å². The Morgan fingerprint density at radius 3 is 2.52 bits per heavy atom. The molecule has 1 aromatic heterocycles. The van der Waals surface area contributed by atoms with Crippen molar-refractivity contribution in [2.75, 3.05) is 34.9 Å². The number of hydrogen-bond donors (Lipinski definition) is 2. The van der Waals surface area contributed by atoms with Crippen molar-refractivity contribution >= 4 is 17.8 Å². The Bertz CT molecular complexity index is 461. The lowest BCUT2D eigenvalue weighted by Crippen LogP contribution is -2.41. The first kappa shape index (κ1) is 15.8. The number of piperidine rings is 1. The molecular formula is C14H27N7. The minimum atomic E-state index is 0.424. The number of aromatic nitrogens is 3. The van der Waals surface area contributed by atoms with Crippen molar-refractivity contribution in [2.24, 2.45) is 11.8 Å². The molecule has 7 nitrogen and oxygen atoms in total. The lowest BCUT2D eigenvalue weighted by Gasteiger charge is -2.36. The Labute approximate surface area is 126 Å². The molecular weight excluding hydrogens is 266 g/mol. The van der Waals surface area contributed by atoms with Gasteiger partial charge < -0.3 is 9.80 Å². The number of hydrazine groups is 1. The highest BCUT2D eigenvalue weighted by Gasteiger charge is 2.26. The molecule has 1 aliphatic heterocycles. The van der Waals surface area contributed by atoms with Gasteiger partial charge in [-0.2, -0.15) is 15.0 Å². The van der Waals surface area contributed by atoms with Crippen LogP contribution in [0.4, 0.5) is 17.8 Å². The van der Waals surface area contributed by atoms with Gasteiger partial charge >= 0.3 is 0 Å². The highest BCUT2D eigenvalue weighted by Crippen LogP contribution is 2.26. The molecule has 21 heavy (non-hydrogen) atoms. The number of hydrogen-bond acceptors (Lipinski definition) is 7. The van der Waals surface area contributed by atoms with E-state index in [-0.39, 0.29) is 0 Å². The van der Waals surface area contributed by atoms with Crippen LogP contribution in [-0.4, -0.2) is 40.6 Å². The van der Waals surface area contributed by atoms with Crippen molar-refractivity contribution in [3.63, 3.8) is 0 Å². The number of nitrogens with two attached hydrogens (primary N) is 1. The summed E-state index contributed by atoms with van der Waals surface area (Å²) in [5.74, 6) is 8.10. The zero-order valence-corrected chi connectivity index (χ0v) is 13.5. The zero-order chi connectivity index (χ0) is 15.4. The lowest BCUT2D eigenvalue weighted by atomic mass is 9.94. The molecule has 2 heterocycles. The van der Waals surface area contributed by atoms with Crippen molar-refractivity contribution < 1.29 is 0 Å². The lowest BCUT2D eigenvalue weighted by molar-refractivity contribution is 0.373. The Morgan fingerprint density at radius 2 is 1.95 bits per heavy atom. The summed E-state index contributed by atoms with van der Waals surface area (Å²) in [7, 11) is 0. The van der Waals surface area contributed by atoms with Crippen molar-refractivity contribution in [2.45, 2.75) is 46.6 Å². The second-order valence-electron chi connectivity index (χ2n) is 5.75. The first-order chi connectivity index (χ1) is 10.1. The first-order valence-electron chi connectivity index (χ1n) is 7.83. The van der Waals surface area contributed by atoms with Crippen LogP contribution in [0.3, 0.4) is 0 Å². The molecule has 1 fully saturated rings. The van der Waals surface area contributed by atoms with Gasteiger partial charge in [-0.1, -0.05) is 6.92 Å². The fraction of sp³-hybridized carbons (Fsp3) is 0.786. The molecule has 1 aliphatic rings. The quantitative estimate of drug-likeness (QED) is 0.630. The second-order valence-corrected chi connectivity index (χ2v) is 5.75. The molecule has 0 radical (unpaired) electrons. The summed E-state index contributed by atoms with van der Waals surface area (Å²) in [6.07, 6.45) is 2.33. The van der Waals surface area contributed by atoms with Crippen LogP contribution in [0.15, 0.2) is 0 Å². The molecule has 0 spiro atoms. The van der Waals surface area contributed by atoms with E-state index in [1.807, 2.05) is 0 Å². The maximum atomic E-state index is 5.52. The smallest absolute Gasteiger partial charge is 0.243 e. The van der Waals surface area contributed by atoms with Crippen molar-refractivity contribution in [1.29, 1.82) is 0 Å². The molecule has 2 unspecified atom stereocenters. The molecule has 0 saturated carbocycles. The van der Waals surface area contributed by atoms with Crippen LogP contribution in [0, 0.1) is 5.92 Å². The summed E-state index contributed by atoms with van der Waals surface area (Å²) in [4.78, 5) is 17.8. The molecule has 0 aliphatic carbocycles. The van der Waals surface area contributed by atoms with E-state index >= 15 is 0 Å². The molecule has 3 N–H and O–H groups in total. The zero-order valence-electron chi connectivity index (χ0n) is 13.5. The predicted octanol–water partition coefficient (Wildman–Crippen LogP) is 1.63. The van der Waals surface area contributed by atoms with Crippen LogP contribution in [0.25, 0.3) is 0 Å². The fourth-order valence-electron chi connectivity index (χ4n) is 2.90. The SMILES string of the molecule is CCN(CC)c1nc(NN)nc(N2CCC(C)CC2C)n1. The highest BCUT2D eigenvalue weighted by molar-refractivity contribution is 5.45. The van der Waals surface area contributed by atoms with E-state index in [9.17, 15) is 0 Å². The molecule has 0 amide bonds. The van der Waals surface area contributed by atoms with Gasteiger partial charge in [0.2, 0.25) is 17.8 Å². The van der Waals surface area contributed by atoms with Crippen LogP contribution >= 0.6 is 0 Å². The second kappa shape index (κ2) is 6.89. The molecule has 0 aromatic carbocycles. The fourth-order valence-corrected chi connectivity index (χ4v) is 2.90. The molecule has 2 rings (SSSR count). The van der Waals surface area contributed by atoms with Gasteiger partial charge in [-0.05, 0) is 39.5 Å². The van der Waals surface area contributed by atoms with E-state index in [1.165, 1.54) is 6.42 Å². The highest BCUT2D eigenvalue weighted by atomic mass is 15.4. The largest absolute Gasteiger partial charge is 0.341 e. The Balaban J connectivity index is 2.32. The van der Waals surface area contributed by atoms with Gasteiger partial charge in [0, 0.05) is 25.7 Å². The van der Waals surface area contributed by atoms with E-state index in [1.54, 1.807) is 0 Å². The van der Waals surface area contributed by atoms with Gasteiger partial charge in [0.1, 0.15) is 0 Å². The van der Waals surface area contributed by atoms with Crippen LogP contribution in [0.1, 0.15) is 40.5 Å². The van der Waals surface area contributed by atoms with E-state index in [2.05, 4.69) is 57.9 Å². The minimum absolute atomic E-state index is 0.424. The van der Waals surface area contributed by atoms with Gasteiger partial charge in [-0.25, -0.2) is 5.84 Å². The maximum Gasteiger partial charge on any atom is 0.243 e. The number of nitrogens with one attached hydrogen (secondary N) is 1. The van der Waals surface area contributed by atoms with E-state index in [4.69, 9.17) is 5.84 Å².